The first-order valence-electron chi connectivity index (χ1n) is 10.9. The van der Waals surface area contributed by atoms with E-state index in [1.54, 1.807) is 7.11 Å². The van der Waals surface area contributed by atoms with Crippen molar-refractivity contribution < 1.29 is 14.3 Å². The van der Waals surface area contributed by atoms with Crippen LogP contribution in [-0.2, 0) is 4.79 Å². The monoisotopic (exact) mass is 450 g/mol. The van der Waals surface area contributed by atoms with Gasteiger partial charge in [0.2, 0.25) is 5.91 Å². The number of likely N-dealkylation sites (tertiary alicyclic amines) is 1. The van der Waals surface area contributed by atoms with Gasteiger partial charge >= 0.3 is 0 Å². The van der Waals surface area contributed by atoms with Crippen LogP contribution in [0, 0.1) is 5.92 Å². The fourth-order valence-electron chi connectivity index (χ4n) is 4.32. The van der Waals surface area contributed by atoms with E-state index in [-0.39, 0.29) is 23.8 Å². The molecule has 3 aromatic rings. The molecule has 5 nitrogen and oxygen atoms in total. The van der Waals surface area contributed by atoms with Crippen molar-refractivity contribution in [2.75, 3.05) is 20.2 Å². The minimum atomic E-state index is -0.0959. The van der Waals surface area contributed by atoms with Crippen molar-refractivity contribution in [3.8, 4) is 5.75 Å². The summed E-state index contributed by atoms with van der Waals surface area (Å²) in [6, 6.07) is 18.9. The van der Waals surface area contributed by atoms with Crippen LogP contribution >= 0.6 is 11.6 Å². The third kappa shape index (κ3) is 4.58. The van der Waals surface area contributed by atoms with Crippen LogP contribution < -0.4 is 10.1 Å². The zero-order valence-electron chi connectivity index (χ0n) is 18.3. The minimum Gasteiger partial charge on any atom is -0.496 e. The molecule has 1 atom stereocenters. The van der Waals surface area contributed by atoms with Crippen molar-refractivity contribution in [2.45, 2.75) is 25.8 Å². The molecule has 0 aliphatic carbocycles. The van der Waals surface area contributed by atoms with Crippen molar-refractivity contribution >= 4 is 34.2 Å². The minimum absolute atomic E-state index is 0.00255. The van der Waals surface area contributed by atoms with E-state index in [9.17, 15) is 9.59 Å². The van der Waals surface area contributed by atoms with E-state index in [0.29, 0.717) is 36.5 Å². The summed E-state index contributed by atoms with van der Waals surface area (Å²) < 4.78 is 5.44. The van der Waals surface area contributed by atoms with Gasteiger partial charge in [-0.15, -0.1) is 0 Å². The number of nitrogens with zero attached hydrogens (tertiary/aromatic N) is 1. The zero-order chi connectivity index (χ0) is 22.7. The standard InChI is InChI=1S/C26H27ClN2O3/c1-17(18-7-9-20(27)10-8-18)28-25(30)19-13-15-29(16-14-19)26(31)23-11-12-24(32-2)22-6-4-3-5-21(22)23/h3-12,17,19H,13-16H2,1-2H3,(H,28,30). The average Bonchev–Trinajstić information content (AvgIpc) is 2.83. The highest BCUT2D eigenvalue weighted by Crippen LogP contribution is 2.30. The summed E-state index contributed by atoms with van der Waals surface area (Å²) in [5, 5.41) is 5.58. The number of methoxy groups -OCH3 is 1. The second-order valence-electron chi connectivity index (χ2n) is 8.21. The van der Waals surface area contributed by atoms with E-state index in [2.05, 4.69) is 5.32 Å². The van der Waals surface area contributed by atoms with Crippen molar-refractivity contribution in [1.82, 2.24) is 10.2 Å². The maximum atomic E-state index is 13.3. The Balaban J connectivity index is 1.39. The lowest BCUT2D eigenvalue weighted by Gasteiger charge is -2.32. The molecular weight excluding hydrogens is 424 g/mol. The Kier molecular flexibility index (Phi) is 6.66. The molecule has 1 N–H and O–H groups in total. The number of piperidine rings is 1. The molecule has 1 aliphatic heterocycles. The second kappa shape index (κ2) is 9.61. The van der Waals surface area contributed by atoms with Crippen LogP contribution in [0.1, 0.15) is 41.7 Å². The Hall–Kier alpha value is -3.05. The van der Waals surface area contributed by atoms with Gasteiger partial charge in [0.15, 0.2) is 0 Å². The summed E-state index contributed by atoms with van der Waals surface area (Å²) in [5.74, 6) is 0.690. The Morgan fingerprint density at radius 2 is 1.66 bits per heavy atom. The Bertz CT molecular complexity index is 1120. The molecule has 2 amide bonds. The van der Waals surface area contributed by atoms with Gasteiger partial charge in [0.05, 0.1) is 13.2 Å². The summed E-state index contributed by atoms with van der Waals surface area (Å²) >= 11 is 5.95. The first-order valence-corrected chi connectivity index (χ1v) is 11.3. The molecule has 4 rings (SSSR count). The molecule has 166 valence electrons. The molecule has 0 spiro atoms. The SMILES string of the molecule is COc1ccc(C(=O)N2CCC(C(=O)NC(C)c3ccc(Cl)cc3)CC2)c2ccccc12. The van der Waals surface area contributed by atoms with Gasteiger partial charge in [-0.05, 0) is 55.0 Å². The average molecular weight is 451 g/mol. The Morgan fingerprint density at radius 1 is 1.00 bits per heavy atom. The predicted molar refractivity (Wildman–Crippen MR) is 127 cm³/mol. The lowest BCUT2D eigenvalue weighted by Crippen LogP contribution is -2.43. The second-order valence-corrected chi connectivity index (χ2v) is 8.65. The lowest BCUT2D eigenvalue weighted by atomic mass is 9.94. The highest BCUT2D eigenvalue weighted by molar-refractivity contribution is 6.30. The molecule has 3 aromatic carbocycles. The molecule has 0 aromatic heterocycles. The first-order chi connectivity index (χ1) is 15.5. The van der Waals surface area contributed by atoms with Gasteiger partial charge in [0.1, 0.15) is 5.75 Å². The summed E-state index contributed by atoms with van der Waals surface area (Å²) in [7, 11) is 1.63. The van der Waals surface area contributed by atoms with Crippen molar-refractivity contribution in [1.29, 1.82) is 0 Å². The molecule has 1 heterocycles. The highest BCUT2D eigenvalue weighted by atomic mass is 35.5. The van der Waals surface area contributed by atoms with Gasteiger partial charge in [-0.1, -0.05) is 48.0 Å². The van der Waals surface area contributed by atoms with Crippen LogP contribution in [0.2, 0.25) is 5.02 Å². The van der Waals surface area contributed by atoms with Crippen LogP contribution in [0.15, 0.2) is 60.7 Å². The number of hydrogen-bond donors (Lipinski definition) is 1. The van der Waals surface area contributed by atoms with Gasteiger partial charge in [-0.25, -0.2) is 0 Å². The van der Waals surface area contributed by atoms with Gasteiger partial charge in [0.25, 0.3) is 5.91 Å². The lowest BCUT2D eigenvalue weighted by molar-refractivity contribution is -0.126. The maximum absolute atomic E-state index is 13.3. The van der Waals surface area contributed by atoms with E-state index in [1.807, 2.05) is 72.5 Å². The summed E-state index contributed by atoms with van der Waals surface area (Å²) in [5.41, 5.74) is 1.68. The van der Waals surface area contributed by atoms with Crippen LogP contribution in [0.4, 0.5) is 0 Å². The molecule has 32 heavy (non-hydrogen) atoms. The third-order valence-corrected chi connectivity index (χ3v) is 6.47. The zero-order valence-corrected chi connectivity index (χ0v) is 19.1. The van der Waals surface area contributed by atoms with Crippen LogP contribution in [-0.4, -0.2) is 36.9 Å². The van der Waals surface area contributed by atoms with Crippen LogP contribution in [0.25, 0.3) is 10.8 Å². The molecule has 1 aliphatic rings. The number of hydrogen-bond acceptors (Lipinski definition) is 3. The number of halogens is 1. The van der Waals surface area contributed by atoms with Crippen molar-refractivity contribution in [3.05, 3.63) is 76.8 Å². The van der Waals surface area contributed by atoms with Gasteiger partial charge in [-0.3, -0.25) is 9.59 Å². The highest BCUT2D eigenvalue weighted by Gasteiger charge is 2.29. The van der Waals surface area contributed by atoms with Gasteiger partial charge in [0, 0.05) is 35.0 Å². The summed E-state index contributed by atoms with van der Waals surface area (Å²) in [6.45, 7) is 3.09. The van der Waals surface area contributed by atoms with E-state index < -0.39 is 0 Å². The van der Waals surface area contributed by atoms with E-state index in [1.165, 1.54) is 0 Å². The molecule has 1 unspecified atom stereocenters. The van der Waals surface area contributed by atoms with Crippen LogP contribution in [0.3, 0.4) is 0 Å². The number of rotatable bonds is 5. The summed E-state index contributed by atoms with van der Waals surface area (Å²) in [6.07, 6.45) is 1.30. The smallest absolute Gasteiger partial charge is 0.254 e. The quantitative estimate of drug-likeness (QED) is 0.579. The van der Waals surface area contributed by atoms with Gasteiger partial charge < -0.3 is 15.0 Å². The third-order valence-electron chi connectivity index (χ3n) is 6.22. The molecule has 0 bridgehead atoms. The van der Waals surface area contributed by atoms with Gasteiger partial charge in [-0.2, -0.15) is 0 Å². The summed E-state index contributed by atoms with van der Waals surface area (Å²) in [4.78, 5) is 27.9. The number of carbonyl (C=O) groups is 2. The van der Waals surface area contributed by atoms with Crippen molar-refractivity contribution in [2.24, 2.45) is 5.92 Å². The van der Waals surface area contributed by atoms with E-state index in [0.717, 1.165) is 22.1 Å². The topological polar surface area (TPSA) is 58.6 Å². The number of fused-ring (bicyclic) bond motifs is 1. The Morgan fingerprint density at radius 3 is 2.31 bits per heavy atom. The Labute approximate surface area is 193 Å². The fourth-order valence-corrected chi connectivity index (χ4v) is 4.44. The maximum Gasteiger partial charge on any atom is 0.254 e. The molecular formula is C26H27ClN2O3. The fraction of sp³-hybridized carbons (Fsp3) is 0.308. The van der Waals surface area contributed by atoms with Crippen LogP contribution in [0.5, 0.6) is 5.75 Å². The number of benzene rings is 3. The number of carbonyl (C=O) groups excluding carboxylic acids is 2. The largest absolute Gasteiger partial charge is 0.496 e. The number of amides is 2. The number of ether oxygens (including phenoxy) is 1. The molecule has 0 saturated carbocycles. The molecule has 0 radical (unpaired) electrons. The molecule has 6 heteroatoms. The predicted octanol–water partition coefficient (Wildman–Crippen LogP) is 5.23. The van der Waals surface area contributed by atoms with E-state index >= 15 is 0 Å². The first kappa shape index (κ1) is 22.2. The normalized spacial score (nSPS) is 15.4. The molecule has 1 saturated heterocycles. The van der Waals surface area contributed by atoms with Crippen molar-refractivity contribution in [3.63, 3.8) is 0 Å². The van der Waals surface area contributed by atoms with E-state index in [4.69, 9.17) is 16.3 Å². The number of nitrogens with one attached hydrogen (secondary N) is 1. The molecule has 1 fully saturated rings.